The molecule has 1 aliphatic heterocycles. The fraction of sp³-hybridized carbons (Fsp3) is 0.222. The van der Waals surface area contributed by atoms with Crippen LogP contribution in [0.25, 0.3) is 33.0 Å². The number of rotatable bonds is 9. The van der Waals surface area contributed by atoms with Crippen molar-refractivity contribution in [3.05, 3.63) is 106 Å². The standard InChI is InChI=1S/C24H17ClN4O6.C12H17NO2/c1-12(35-24(25)32)28-11-17(14-5-3-4-6-18(14)28)21-20(22(30)26-23(21)31)16-10-27(2)19-9-13(29(33)34)7-8-15(16)19;1-4-13(5-2)11-8-6-7-10(9-11)12(14)15-3/h3-12H,1-2H3,(H,26,30,31);6-9H,4-5H2,1-3H3. The topological polar surface area (TPSA) is 155 Å². The molecule has 2 amide bonds. The second kappa shape index (κ2) is 14.7. The molecular weight excluding hydrogens is 666 g/mol. The minimum absolute atomic E-state index is 0.0858. The average Bonchev–Trinajstić information content (AvgIpc) is 3.74. The van der Waals surface area contributed by atoms with Crippen LogP contribution < -0.4 is 10.2 Å². The molecule has 1 aliphatic rings. The van der Waals surface area contributed by atoms with E-state index < -0.39 is 28.4 Å². The van der Waals surface area contributed by atoms with Crippen LogP contribution in [0, 0.1) is 10.1 Å². The van der Waals surface area contributed by atoms with E-state index in [0.717, 1.165) is 18.8 Å². The van der Waals surface area contributed by atoms with Crippen molar-refractivity contribution in [2.24, 2.45) is 7.05 Å². The van der Waals surface area contributed by atoms with Gasteiger partial charge < -0.3 is 23.5 Å². The fourth-order valence-electron chi connectivity index (χ4n) is 6.09. The van der Waals surface area contributed by atoms with Crippen LogP contribution in [0.2, 0.25) is 0 Å². The lowest BCUT2D eigenvalue weighted by Crippen LogP contribution is -2.22. The first kappa shape index (κ1) is 35.4. The third-order valence-electron chi connectivity index (χ3n) is 8.45. The molecular formula is C36H34ClN5O8. The number of halogens is 1. The maximum atomic E-state index is 13.1. The number of nitrogens with zero attached hydrogens (tertiary/aromatic N) is 4. The molecule has 13 nitrogen and oxygen atoms in total. The fourth-order valence-corrected chi connectivity index (χ4v) is 6.22. The van der Waals surface area contributed by atoms with E-state index in [4.69, 9.17) is 16.3 Å². The lowest BCUT2D eigenvalue weighted by Gasteiger charge is -2.21. The van der Waals surface area contributed by atoms with Crippen molar-refractivity contribution in [1.82, 2.24) is 14.5 Å². The zero-order chi connectivity index (χ0) is 36.3. The van der Waals surface area contributed by atoms with Crippen LogP contribution in [0.5, 0.6) is 0 Å². The van der Waals surface area contributed by atoms with Crippen LogP contribution in [-0.4, -0.2) is 57.5 Å². The number of nitro benzene ring substituents is 1. The van der Waals surface area contributed by atoms with Gasteiger partial charge in [-0.1, -0.05) is 24.3 Å². The highest BCUT2D eigenvalue weighted by Crippen LogP contribution is 2.40. The van der Waals surface area contributed by atoms with Gasteiger partial charge >= 0.3 is 11.4 Å². The van der Waals surface area contributed by atoms with Crippen molar-refractivity contribution >= 4 is 79.1 Å². The second-order valence-corrected chi connectivity index (χ2v) is 11.6. The Kier molecular flexibility index (Phi) is 10.4. The van der Waals surface area contributed by atoms with Gasteiger partial charge in [-0.25, -0.2) is 9.59 Å². The highest BCUT2D eigenvalue weighted by molar-refractivity contribution is 6.61. The minimum Gasteiger partial charge on any atom is -0.465 e. The summed E-state index contributed by atoms with van der Waals surface area (Å²) in [6.07, 6.45) is 2.53. The summed E-state index contributed by atoms with van der Waals surface area (Å²) >= 11 is 5.40. The number of aryl methyl sites for hydroxylation is 1. The Bertz CT molecular complexity index is 2200. The van der Waals surface area contributed by atoms with E-state index in [1.807, 2.05) is 18.2 Å². The Labute approximate surface area is 291 Å². The number of hydrogen-bond donors (Lipinski definition) is 1. The molecule has 1 N–H and O–H groups in total. The van der Waals surface area contributed by atoms with Gasteiger partial charge in [0.1, 0.15) is 0 Å². The van der Waals surface area contributed by atoms with Crippen molar-refractivity contribution in [3.8, 4) is 0 Å². The number of methoxy groups -OCH3 is 1. The Morgan fingerprint density at radius 3 is 2.18 bits per heavy atom. The summed E-state index contributed by atoms with van der Waals surface area (Å²) in [6, 6.07) is 19.0. The van der Waals surface area contributed by atoms with E-state index >= 15 is 0 Å². The summed E-state index contributed by atoms with van der Waals surface area (Å²) in [7, 11) is 3.10. The van der Waals surface area contributed by atoms with Crippen molar-refractivity contribution in [3.63, 3.8) is 0 Å². The first-order valence-electron chi connectivity index (χ1n) is 15.6. The van der Waals surface area contributed by atoms with Crippen molar-refractivity contribution in [2.45, 2.75) is 27.0 Å². The molecule has 0 saturated heterocycles. The van der Waals surface area contributed by atoms with Crippen LogP contribution >= 0.6 is 11.6 Å². The predicted molar refractivity (Wildman–Crippen MR) is 190 cm³/mol. The number of fused-ring (bicyclic) bond motifs is 2. The van der Waals surface area contributed by atoms with Crippen LogP contribution in [-0.2, 0) is 26.1 Å². The number of anilines is 1. The lowest BCUT2D eigenvalue weighted by molar-refractivity contribution is -0.384. The van der Waals surface area contributed by atoms with E-state index in [-0.39, 0.29) is 22.8 Å². The molecule has 1 unspecified atom stereocenters. The molecule has 0 bridgehead atoms. The maximum Gasteiger partial charge on any atom is 0.405 e. The zero-order valence-corrected chi connectivity index (χ0v) is 28.7. The predicted octanol–water partition coefficient (Wildman–Crippen LogP) is 6.82. The van der Waals surface area contributed by atoms with Gasteiger partial charge in [0.25, 0.3) is 17.5 Å². The number of ether oxygens (including phenoxy) is 2. The van der Waals surface area contributed by atoms with Crippen molar-refractivity contribution < 1.29 is 33.6 Å². The molecule has 3 aromatic carbocycles. The molecule has 0 aliphatic carbocycles. The molecule has 0 saturated carbocycles. The molecule has 0 radical (unpaired) electrons. The van der Waals surface area contributed by atoms with Gasteiger partial charge in [-0.2, -0.15) is 0 Å². The van der Waals surface area contributed by atoms with Crippen molar-refractivity contribution in [1.29, 1.82) is 0 Å². The molecule has 0 spiro atoms. The van der Waals surface area contributed by atoms with Gasteiger partial charge in [-0.3, -0.25) is 25.0 Å². The number of carbonyl (C=O) groups is 4. The number of carbonyl (C=O) groups excluding carboxylic acids is 4. The van der Waals surface area contributed by atoms with E-state index in [1.54, 1.807) is 71.9 Å². The number of esters is 1. The third kappa shape index (κ3) is 6.80. The van der Waals surface area contributed by atoms with Crippen LogP contribution in [0.3, 0.4) is 0 Å². The largest absolute Gasteiger partial charge is 0.465 e. The molecule has 5 aromatic rings. The summed E-state index contributed by atoms with van der Waals surface area (Å²) < 4.78 is 13.1. The number of amides is 2. The Morgan fingerprint density at radius 1 is 0.920 bits per heavy atom. The minimum atomic E-state index is -0.977. The number of imide groups is 1. The third-order valence-corrected chi connectivity index (χ3v) is 8.54. The molecule has 50 heavy (non-hydrogen) atoms. The summed E-state index contributed by atoms with van der Waals surface area (Å²) in [5.41, 5.74) is 3.04. The summed E-state index contributed by atoms with van der Waals surface area (Å²) in [4.78, 5) is 61.6. The molecule has 0 fully saturated rings. The van der Waals surface area contributed by atoms with Crippen molar-refractivity contribution in [2.75, 3.05) is 25.1 Å². The molecule has 2 aromatic heterocycles. The second-order valence-electron chi connectivity index (χ2n) is 11.3. The summed E-state index contributed by atoms with van der Waals surface area (Å²) in [5, 5.41) is 14.9. The van der Waals surface area contributed by atoms with Gasteiger partial charge in [-0.05, 0) is 51.1 Å². The normalized spacial score (nSPS) is 13.2. The van der Waals surface area contributed by atoms with E-state index in [9.17, 15) is 29.3 Å². The van der Waals surface area contributed by atoms with Crippen LogP contribution in [0.15, 0.2) is 79.1 Å². The Balaban J connectivity index is 0.000000273. The number of non-ortho nitro benzene ring substituents is 1. The van der Waals surface area contributed by atoms with E-state index in [2.05, 4.69) is 28.8 Å². The Morgan fingerprint density at radius 2 is 1.56 bits per heavy atom. The number of nitrogens with one attached hydrogen (secondary N) is 1. The molecule has 14 heteroatoms. The zero-order valence-electron chi connectivity index (χ0n) is 27.9. The highest BCUT2D eigenvalue weighted by Gasteiger charge is 2.36. The summed E-state index contributed by atoms with van der Waals surface area (Å²) in [5.74, 6) is -1.44. The first-order valence-corrected chi connectivity index (χ1v) is 16.0. The molecule has 1 atom stereocenters. The number of hydrogen-bond acceptors (Lipinski definition) is 9. The SMILES string of the molecule is CC(OC(=O)Cl)n1cc(C2=C(c3cn(C)c4cc([N+](=O)[O-])ccc34)C(=O)NC2=O)c2ccccc21.CCN(CC)c1cccc(C(=O)OC)c1. The van der Waals surface area contributed by atoms with Gasteiger partial charge in [0.05, 0.1) is 39.8 Å². The van der Waals surface area contributed by atoms with E-state index in [0.29, 0.717) is 38.5 Å². The van der Waals surface area contributed by atoms with Gasteiger partial charge in [-0.15, -0.1) is 0 Å². The lowest BCUT2D eigenvalue weighted by atomic mass is 9.95. The average molecular weight is 700 g/mol. The molecule has 6 rings (SSSR count). The quantitative estimate of drug-likeness (QED) is 0.0573. The van der Waals surface area contributed by atoms with Gasteiger partial charge in [0.2, 0.25) is 0 Å². The number of nitro groups is 1. The highest BCUT2D eigenvalue weighted by atomic mass is 35.5. The van der Waals surface area contributed by atoms with E-state index in [1.165, 1.54) is 19.2 Å². The smallest absolute Gasteiger partial charge is 0.405 e. The Hall–Kier alpha value is -5.95. The number of benzene rings is 3. The maximum absolute atomic E-state index is 13.1. The molecule has 258 valence electrons. The van der Waals surface area contributed by atoms with Gasteiger partial charge in [0, 0.05) is 83.9 Å². The van der Waals surface area contributed by atoms with Crippen LogP contribution in [0.4, 0.5) is 16.2 Å². The van der Waals surface area contributed by atoms with Gasteiger partial charge in [0.15, 0.2) is 6.23 Å². The number of aromatic nitrogens is 2. The first-order chi connectivity index (χ1) is 23.9. The molecule has 3 heterocycles. The van der Waals surface area contributed by atoms with Crippen LogP contribution in [0.1, 0.15) is 48.5 Å². The monoisotopic (exact) mass is 699 g/mol. The summed E-state index contributed by atoms with van der Waals surface area (Å²) in [6.45, 7) is 7.67. The number of para-hydroxylation sites is 1.